The molecule has 0 aliphatic carbocycles. The van der Waals surface area contributed by atoms with Gasteiger partial charge in [-0.15, -0.1) is 0 Å². The second-order valence-electron chi connectivity index (χ2n) is 4.03. The van der Waals surface area contributed by atoms with E-state index in [0.717, 1.165) is 19.1 Å². The fourth-order valence-corrected chi connectivity index (χ4v) is 1.78. The number of hydrogen-bond acceptors (Lipinski definition) is 2. The van der Waals surface area contributed by atoms with Crippen molar-refractivity contribution in [1.29, 1.82) is 0 Å². The van der Waals surface area contributed by atoms with Crippen LogP contribution in [0.4, 0.5) is 0 Å². The molecule has 2 heteroatoms. The van der Waals surface area contributed by atoms with E-state index in [4.69, 9.17) is 0 Å². The second kappa shape index (κ2) is 3.55. The van der Waals surface area contributed by atoms with Gasteiger partial charge in [-0.25, -0.2) is 0 Å². The van der Waals surface area contributed by atoms with Crippen molar-refractivity contribution >= 4 is 0 Å². The fraction of sp³-hybridized carbons (Fsp3) is 1.00. The Labute approximate surface area is 69.8 Å². The van der Waals surface area contributed by atoms with E-state index < -0.39 is 0 Å². The van der Waals surface area contributed by atoms with Gasteiger partial charge < -0.3 is 5.32 Å². The molecule has 0 spiro atoms. The zero-order chi connectivity index (χ0) is 8.32. The molecule has 2 atom stereocenters. The Kier molecular flexibility index (Phi) is 2.90. The SMILES string of the molecule is CCC1(C)CC(C)CNCN1. The van der Waals surface area contributed by atoms with Gasteiger partial charge in [0, 0.05) is 12.2 Å². The minimum absolute atomic E-state index is 0.364. The third-order valence-electron chi connectivity index (χ3n) is 2.71. The van der Waals surface area contributed by atoms with Crippen molar-refractivity contribution in [2.24, 2.45) is 5.92 Å². The van der Waals surface area contributed by atoms with Crippen LogP contribution in [0.2, 0.25) is 0 Å². The van der Waals surface area contributed by atoms with Gasteiger partial charge >= 0.3 is 0 Å². The van der Waals surface area contributed by atoms with Crippen molar-refractivity contribution in [3.05, 3.63) is 0 Å². The molecule has 1 rings (SSSR count). The zero-order valence-electron chi connectivity index (χ0n) is 7.91. The van der Waals surface area contributed by atoms with Gasteiger partial charge in [0.05, 0.1) is 0 Å². The summed E-state index contributed by atoms with van der Waals surface area (Å²) in [4.78, 5) is 0. The molecule has 2 nitrogen and oxygen atoms in total. The molecule has 1 aliphatic rings. The Morgan fingerprint density at radius 3 is 2.91 bits per heavy atom. The lowest BCUT2D eigenvalue weighted by Gasteiger charge is -2.29. The lowest BCUT2D eigenvalue weighted by Crippen LogP contribution is -2.43. The Balaban J connectivity index is 2.51. The molecule has 1 saturated heterocycles. The summed E-state index contributed by atoms with van der Waals surface area (Å²) >= 11 is 0. The smallest absolute Gasteiger partial charge is 0.0458 e. The molecule has 11 heavy (non-hydrogen) atoms. The molecule has 0 aromatic heterocycles. The average molecular weight is 156 g/mol. The highest BCUT2D eigenvalue weighted by Crippen LogP contribution is 2.20. The summed E-state index contributed by atoms with van der Waals surface area (Å²) in [5.74, 6) is 0.801. The van der Waals surface area contributed by atoms with Crippen LogP contribution in [0.15, 0.2) is 0 Å². The molecule has 0 aromatic carbocycles. The average Bonchev–Trinajstić information content (AvgIpc) is 2.13. The van der Waals surface area contributed by atoms with E-state index in [1.807, 2.05) is 0 Å². The number of nitrogens with one attached hydrogen (secondary N) is 2. The predicted octanol–water partition coefficient (Wildman–Crippen LogP) is 1.33. The summed E-state index contributed by atoms with van der Waals surface area (Å²) < 4.78 is 0. The lowest BCUT2D eigenvalue weighted by atomic mass is 9.88. The number of hydrogen-bond donors (Lipinski definition) is 2. The highest BCUT2D eigenvalue weighted by atomic mass is 15.1. The minimum Gasteiger partial charge on any atom is -0.304 e. The third kappa shape index (κ3) is 2.46. The van der Waals surface area contributed by atoms with Crippen LogP contribution in [0.3, 0.4) is 0 Å². The third-order valence-corrected chi connectivity index (χ3v) is 2.71. The molecule has 1 fully saturated rings. The van der Waals surface area contributed by atoms with Crippen LogP contribution in [0.1, 0.15) is 33.6 Å². The number of rotatable bonds is 1. The molecule has 2 unspecified atom stereocenters. The standard InChI is InChI=1S/C9H20N2/c1-4-9(3)5-8(2)6-10-7-11-9/h8,10-11H,4-7H2,1-3H3. The van der Waals surface area contributed by atoms with E-state index in [2.05, 4.69) is 31.4 Å². The van der Waals surface area contributed by atoms with E-state index in [1.54, 1.807) is 0 Å². The van der Waals surface area contributed by atoms with Crippen LogP contribution in [0, 0.1) is 5.92 Å². The Morgan fingerprint density at radius 1 is 1.55 bits per heavy atom. The monoisotopic (exact) mass is 156 g/mol. The van der Waals surface area contributed by atoms with Crippen LogP contribution < -0.4 is 10.6 Å². The van der Waals surface area contributed by atoms with Gasteiger partial charge in [0.2, 0.25) is 0 Å². The highest BCUT2D eigenvalue weighted by Gasteiger charge is 2.25. The maximum absolute atomic E-state index is 3.53. The Morgan fingerprint density at radius 2 is 2.27 bits per heavy atom. The predicted molar refractivity (Wildman–Crippen MR) is 48.5 cm³/mol. The first kappa shape index (κ1) is 9.01. The molecule has 1 aliphatic heterocycles. The van der Waals surface area contributed by atoms with Crippen molar-refractivity contribution in [2.45, 2.75) is 39.2 Å². The van der Waals surface area contributed by atoms with Gasteiger partial charge in [-0.3, -0.25) is 5.32 Å². The summed E-state index contributed by atoms with van der Waals surface area (Å²) in [6.07, 6.45) is 2.51. The van der Waals surface area contributed by atoms with E-state index in [0.29, 0.717) is 5.54 Å². The maximum atomic E-state index is 3.53. The van der Waals surface area contributed by atoms with E-state index in [-0.39, 0.29) is 0 Å². The van der Waals surface area contributed by atoms with Crippen molar-refractivity contribution < 1.29 is 0 Å². The molecule has 0 aromatic rings. The zero-order valence-corrected chi connectivity index (χ0v) is 7.91. The van der Waals surface area contributed by atoms with Crippen molar-refractivity contribution in [3.63, 3.8) is 0 Å². The van der Waals surface area contributed by atoms with Gasteiger partial charge in [0.1, 0.15) is 0 Å². The lowest BCUT2D eigenvalue weighted by molar-refractivity contribution is 0.306. The molecular weight excluding hydrogens is 136 g/mol. The van der Waals surface area contributed by atoms with Gasteiger partial charge in [0.25, 0.3) is 0 Å². The summed E-state index contributed by atoms with van der Waals surface area (Å²) in [7, 11) is 0. The van der Waals surface area contributed by atoms with Gasteiger partial charge in [0.15, 0.2) is 0 Å². The molecule has 0 bridgehead atoms. The molecule has 2 N–H and O–H groups in total. The van der Waals surface area contributed by atoms with Crippen molar-refractivity contribution in [1.82, 2.24) is 10.6 Å². The largest absolute Gasteiger partial charge is 0.304 e. The fourth-order valence-electron chi connectivity index (χ4n) is 1.78. The first-order valence-electron chi connectivity index (χ1n) is 4.62. The first-order chi connectivity index (χ1) is 5.16. The highest BCUT2D eigenvalue weighted by molar-refractivity contribution is 4.85. The Bertz CT molecular complexity index is 125. The van der Waals surface area contributed by atoms with Crippen LogP contribution in [-0.4, -0.2) is 18.8 Å². The quantitative estimate of drug-likeness (QED) is 0.598. The van der Waals surface area contributed by atoms with Crippen LogP contribution in [0.5, 0.6) is 0 Å². The van der Waals surface area contributed by atoms with Crippen LogP contribution in [-0.2, 0) is 0 Å². The van der Waals surface area contributed by atoms with Crippen LogP contribution >= 0.6 is 0 Å². The van der Waals surface area contributed by atoms with E-state index in [9.17, 15) is 0 Å². The summed E-state index contributed by atoms with van der Waals surface area (Å²) in [6.45, 7) is 9.01. The van der Waals surface area contributed by atoms with Crippen LogP contribution in [0.25, 0.3) is 0 Å². The molecule has 1 heterocycles. The summed E-state index contributed by atoms with van der Waals surface area (Å²) in [5.41, 5.74) is 0.364. The Hall–Kier alpha value is -0.0800. The first-order valence-corrected chi connectivity index (χ1v) is 4.62. The molecule has 0 saturated carbocycles. The van der Waals surface area contributed by atoms with Gasteiger partial charge in [-0.1, -0.05) is 13.8 Å². The minimum atomic E-state index is 0.364. The van der Waals surface area contributed by atoms with Gasteiger partial charge in [-0.05, 0) is 32.2 Å². The van der Waals surface area contributed by atoms with Crippen molar-refractivity contribution in [3.8, 4) is 0 Å². The van der Waals surface area contributed by atoms with Crippen molar-refractivity contribution in [2.75, 3.05) is 13.2 Å². The second-order valence-corrected chi connectivity index (χ2v) is 4.03. The normalized spacial score (nSPS) is 40.1. The summed E-state index contributed by atoms with van der Waals surface area (Å²) in [5, 5.41) is 6.90. The van der Waals surface area contributed by atoms with Gasteiger partial charge in [-0.2, -0.15) is 0 Å². The maximum Gasteiger partial charge on any atom is 0.0458 e. The van der Waals surface area contributed by atoms with E-state index >= 15 is 0 Å². The molecule has 66 valence electrons. The molecule has 0 radical (unpaired) electrons. The van der Waals surface area contributed by atoms with E-state index in [1.165, 1.54) is 12.8 Å². The molecule has 0 amide bonds. The molecular formula is C9H20N2. The topological polar surface area (TPSA) is 24.1 Å². The summed E-state index contributed by atoms with van der Waals surface area (Å²) in [6, 6.07) is 0.